The Labute approximate surface area is 543 Å². The van der Waals surface area contributed by atoms with E-state index in [0.717, 1.165) is 130 Å². The average molecular weight is 1340 g/mol. The standard InChI is InChI=1S/C9H16N2O2.C8H16N2O4.C8H16N2.C6H18N4.C6H12N2O4.C5H15N3.C5H14N2O3S.C4H13N3.C4H10N2/c12-9(13)6-1-2-7-8(5-6)11-4-3-10-7;11-7(12)1-3-9-5-6-10-4-2-8(13)14;1-2-4-8-7(3-1)9-5-6-10-8;7-1-4-10(5-2-8)6-3-9;9-5(10)3-7-1-2-8-4-6(11)12;1-8(4-2-6)5-3-7;6-2-4-7-3-1-5-11(8,9)10;5-1-3-7-4-2-6;1-2-6-4-3-5-1/h6-8,10-11H,1-5H2,(H,12,13);9-10H,1-6H2,(H,11,12)(H,13,14);7-10H,1-6H2;1-9H2;7-8H,1-4H2,(H,9,10)(H,11,12);2-7H2,1H3;7H,1-6H2,(H,8,9,10);7H,1-6H2;5-6H,1-4H2. The summed E-state index contributed by atoms with van der Waals surface area (Å²) in [6.07, 6.45) is 8.86. The van der Waals surface area contributed by atoms with Crippen LogP contribution in [0.15, 0.2) is 0 Å². The number of fused-ring (bicyclic) bond motifs is 2. The fourth-order valence-electron chi connectivity index (χ4n) is 8.87. The lowest BCUT2D eigenvalue weighted by molar-refractivity contribution is -0.143. The quantitative estimate of drug-likeness (QED) is 0.0203. The SMILES string of the molecule is C1CCC2NCCNC2C1.C1CNCCN1.CN(CCN)CCN.NCCN(CCN)CCN.NCCNCCCS(=O)(=O)O.NCCNCCN.O=C(O)C1CCC2NCCNC2C1.O=C(O)CCNCCNCCC(=O)O.O=C(O)CNCCNCC(=O)O. The van der Waals surface area contributed by atoms with E-state index >= 15 is 0 Å². The van der Waals surface area contributed by atoms with Gasteiger partial charge in [-0.05, 0) is 52.1 Å². The molecule has 0 radical (unpaired) electrons. The third-order valence-electron chi connectivity index (χ3n) is 13.4. The molecule has 35 nitrogen and oxygen atoms in total. The lowest BCUT2D eigenvalue weighted by atomic mass is 9.81. The van der Waals surface area contributed by atoms with Gasteiger partial charge in [-0.2, -0.15) is 8.42 Å². The Hall–Kier alpha value is -3.62. The zero-order valence-electron chi connectivity index (χ0n) is 55.0. The van der Waals surface area contributed by atoms with Gasteiger partial charge in [0.25, 0.3) is 10.1 Å². The molecule has 5 atom stereocenters. The predicted molar refractivity (Wildman–Crippen MR) is 361 cm³/mol. The van der Waals surface area contributed by atoms with Crippen molar-refractivity contribution in [2.75, 3.05) is 229 Å². The maximum atomic E-state index is 10.8. The zero-order valence-corrected chi connectivity index (χ0v) is 55.8. The number of carboxylic acid groups (broad SMARTS) is 5. The maximum Gasteiger partial charge on any atom is 0.317 e. The first-order valence-corrected chi connectivity index (χ1v) is 33.9. The van der Waals surface area contributed by atoms with Gasteiger partial charge in [-0.25, -0.2) is 0 Å². The Morgan fingerprint density at radius 3 is 1.11 bits per heavy atom. The maximum absolute atomic E-state index is 10.8. The molecule has 91 heavy (non-hydrogen) atoms. The molecule has 3 heterocycles. The van der Waals surface area contributed by atoms with Crippen LogP contribution in [0.1, 0.15) is 64.2 Å². The lowest BCUT2D eigenvalue weighted by Crippen LogP contribution is -2.58. The van der Waals surface area contributed by atoms with Crippen molar-refractivity contribution < 1.29 is 62.5 Å². The topological polar surface area (TPSA) is 600 Å². The van der Waals surface area contributed by atoms with E-state index in [1.807, 2.05) is 7.05 Å². The van der Waals surface area contributed by atoms with E-state index < -0.39 is 40.0 Å². The molecule has 0 aromatic rings. The highest BCUT2D eigenvalue weighted by Crippen LogP contribution is 2.26. The summed E-state index contributed by atoms with van der Waals surface area (Å²) < 4.78 is 28.6. The molecule has 36 heteroatoms. The second kappa shape index (κ2) is 70.7. The molecule has 5 fully saturated rings. The van der Waals surface area contributed by atoms with Crippen molar-refractivity contribution in [1.82, 2.24) is 73.6 Å². The van der Waals surface area contributed by atoms with E-state index in [-0.39, 0.29) is 37.6 Å². The van der Waals surface area contributed by atoms with Gasteiger partial charge in [0.2, 0.25) is 0 Å². The van der Waals surface area contributed by atoms with Gasteiger partial charge in [0.15, 0.2) is 0 Å². The molecule has 0 aromatic carbocycles. The van der Waals surface area contributed by atoms with Crippen LogP contribution in [0, 0.1) is 5.92 Å². The van der Waals surface area contributed by atoms with Gasteiger partial charge in [-0.15, -0.1) is 0 Å². The predicted octanol–water partition coefficient (Wildman–Crippen LogP) is -8.77. The minimum Gasteiger partial charge on any atom is -0.481 e. The van der Waals surface area contributed by atoms with Gasteiger partial charge in [0, 0.05) is 221 Å². The zero-order chi connectivity index (χ0) is 69.0. The first-order valence-electron chi connectivity index (χ1n) is 32.3. The van der Waals surface area contributed by atoms with Crippen molar-refractivity contribution in [1.29, 1.82) is 0 Å². The van der Waals surface area contributed by atoms with E-state index in [1.54, 1.807) is 0 Å². The molecule has 0 bridgehead atoms. The summed E-state index contributed by atoms with van der Waals surface area (Å²) in [7, 11) is -1.77. The second-order valence-electron chi connectivity index (χ2n) is 21.4. The molecular weight excluding hydrogens is 1210 g/mol. The Kier molecular flexibility index (Phi) is 72.9. The molecule has 3 aliphatic heterocycles. The Morgan fingerprint density at radius 2 is 0.780 bits per heavy atom. The molecule has 0 amide bonds. The van der Waals surface area contributed by atoms with Crippen molar-refractivity contribution in [3.8, 4) is 0 Å². The lowest BCUT2D eigenvalue weighted by Gasteiger charge is -2.39. The first-order chi connectivity index (χ1) is 43.6. The minimum atomic E-state index is -3.78. The van der Waals surface area contributed by atoms with E-state index in [4.69, 9.17) is 76.0 Å². The Balaban J connectivity index is -0.000000472. The third kappa shape index (κ3) is 73.7. The van der Waals surface area contributed by atoms with Gasteiger partial charge in [-0.1, -0.05) is 12.8 Å². The molecule has 34 N–H and O–H groups in total. The molecule has 5 aliphatic rings. The number of nitrogens with zero attached hydrogens (tertiary/aromatic N) is 2. The van der Waals surface area contributed by atoms with Crippen LogP contribution in [0.5, 0.6) is 0 Å². The molecule has 3 saturated heterocycles. The third-order valence-corrected chi connectivity index (χ3v) is 14.2. The van der Waals surface area contributed by atoms with Crippen LogP contribution in [-0.2, 0) is 34.1 Å². The molecule has 0 aromatic heterocycles. The highest BCUT2D eigenvalue weighted by atomic mass is 32.2. The number of carbonyl (C=O) groups is 5. The number of piperazine rings is 3. The van der Waals surface area contributed by atoms with E-state index in [9.17, 15) is 32.4 Å². The molecule has 5 rings (SSSR count). The number of nitrogens with two attached hydrogens (primary N) is 8. The minimum absolute atomic E-state index is 0.102. The van der Waals surface area contributed by atoms with Gasteiger partial charge in [0.05, 0.1) is 37.6 Å². The molecule has 2 saturated carbocycles. The molecular formula is C55H130N22O13S. The number of aliphatic carboxylic acids is 5. The second-order valence-corrected chi connectivity index (χ2v) is 23.0. The van der Waals surface area contributed by atoms with Crippen LogP contribution in [0.3, 0.4) is 0 Å². The van der Waals surface area contributed by atoms with Crippen molar-refractivity contribution in [2.24, 2.45) is 51.8 Å². The largest absolute Gasteiger partial charge is 0.481 e. The van der Waals surface area contributed by atoms with Crippen LogP contribution in [0.2, 0.25) is 0 Å². The van der Waals surface area contributed by atoms with Crippen molar-refractivity contribution in [3.63, 3.8) is 0 Å². The first kappa shape index (κ1) is 93.8. The van der Waals surface area contributed by atoms with Crippen molar-refractivity contribution in [2.45, 2.75) is 88.4 Å². The molecule has 0 spiro atoms. The van der Waals surface area contributed by atoms with Gasteiger partial charge < -0.3 is 140 Å². The number of rotatable bonds is 37. The summed E-state index contributed by atoms with van der Waals surface area (Å²) in [5, 5.41) is 79.2. The molecule has 5 unspecified atom stereocenters. The normalized spacial score (nSPS) is 18.8. The van der Waals surface area contributed by atoms with Crippen LogP contribution < -0.4 is 110 Å². The van der Waals surface area contributed by atoms with Crippen molar-refractivity contribution in [3.05, 3.63) is 0 Å². The summed E-state index contributed by atoms with van der Waals surface area (Å²) in [4.78, 5) is 55.2. The van der Waals surface area contributed by atoms with Crippen molar-refractivity contribution >= 4 is 40.0 Å². The monoisotopic (exact) mass is 1340 g/mol. The fourth-order valence-corrected chi connectivity index (χ4v) is 9.38. The highest BCUT2D eigenvalue weighted by Gasteiger charge is 2.34. The number of likely N-dealkylation sites (N-methyl/N-ethyl adjacent to an activating group) is 1. The van der Waals surface area contributed by atoms with Crippen LogP contribution in [0.4, 0.5) is 0 Å². The van der Waals surface area contributed by atoms with Gasteiger partial charge in [-0.3, -0.25) is 33.4 Å². The van der Waals surface area contributed by atoms with Gasteiger partial charge in [0.1, 0.15) is 0 Å². The van der Waals surface area contributed by atoms with Crippen LogP contribution >= 0.6 is 0 Å². The average Bonchev–Trinajstić information content (AvgIpc) is 3.67. The number of nitrogens with one attached hydrogen (secondary N) is 12. The van der Waals surface area contributed by atoms with E-state index in [2.05, 4.69) is 73.6 Å². The van der Waals surface area contributed by atoms with E-state index in [1.165, 1.54) is 38.8 Å². The summed E-state index contributed by atoms with van der Waals surface area (Å²) >= 11 is 0. The van der Waals surface area contributed by atoms with Gasteiger partial charge >= 0.3 is 29.8 Å². The molecule has 2 aliphatic carbocycles. The summed E-state index contributed by atoms with van der Waals surface area (Å²) in [5.74, 6) is -4.45. The number of hydrogen-bond acceptors (Lipinski definition) is 29. The van der Waals surface area contributed by atoms with E-state index in [0.29, 0.717) is 110 Å². The smallest absolute Gasteiger partial charge is 0.317 e. The summed E-state index contributed by atoms with van der Waals surface area (Å²) in [6, 6.07) is 2.47. The Bertz CT molecular complexity index is 1670. The van der Waals surface area contributed by atoms with Crippen LogP contribution in [-0.4, -0.2) is 331 Å². The highest BCUT2D eigenvalue weighted by molar-refractivity contribution is 7.85. The fraction of sp³-hybridized carbons (Fsp3) is 0.909. The summed E-state index contributed by atoms with van der Waals surface area (Å²) in [5.41, 5.74) is 42.2. The molecule has 544 valence electrons. The summed E-state index contributed by atoms with van der Waals surface area (Å²) in [6.45, 7) is 24.7. The Morgan fingerprint density at radius 1 is 0.429 bits per heavy atom. The number of carboxylic acids is 5. The number of hydrogen-bond donors (Lipinski definition) is 26. The van der Waals surface area contributed by atoms with Crippen LogP contribution in [0.25, 0.3) is 0 Å².